The first-order valence-corrected chi connectivity index (χ1v) is 7.68. The Bertz CT molecular complexity index is 429. The predicted molar refractivity (Wildman–Crippen MR) is 76.3 cm³/mol. The summed E-state index contributed by atoms with van der Waals surface area (Å²) in [6.07, 6.45) is 2.71. The van der Waals surface area contributed by atoms with Gasteiger partial charge in [-0.15, -0.1) is 11.3 Å². The van der Waals surface area contributed by atoms with Crippen molar-refractivity contribution in [3.63, 3.8) is 0 Å². The summed E-state index contributed by atoms with van der Waals surface area (Å²) >= 11 is 1.78. The van der Waals surface area contributed by atoms with Gasteiger partial charge in [0.15, 0.2) is 5.13 Å². The number of aryl methyl sites for hydroxylation is 1. The predicted octanol–water partition coefficient (Wildman–Crippen LogP) is 1.76. The molecule has 0 bridgehead atoms. The third-order valence-electron chi connectivity index (χ3n) is 4.09. The van der Waals surface area contributed by atoms with E-state index >= 15 is 0 Å². The summed E-state index contributed by atoms with van der Waals surface area (Å²) in [5.74, 6) is 0. The Kier molecular flexibility index (Phi) is 3.30. The fraction of sp³-hybridized carbons (Fsp3) is 0.769. The van der Waals surface area contributed by atoms with Gasteiger partial charge in [-0.3, -0.25) is 4.90 Å². The minimum absolute atomic E-state index is 0.101. The largest absolute Gasteiger partial charge is 0.345 e. The van der Waals surface area contributed by atoms with Crippen molar-refractivity contribution in [1.29, 1.82) is 0 Å². The quantitative estimate of drug-likeness (QED) is 0.886. The zero-order valence-electron chi connectivity index (χ0n) is 11.2. The van der Waals surface area contributed by atoms with Crippen LogP contribution in [0.2, 0.25) is 0 Å². The molecule has 1 aromatic heterocycles. The second-order valence-electron chi connectivity index (χ2n) is 5.51. The highest BCUT2D eigenvalue weighted by Gasteiger charge is 2.31. The van der Waals surface area contributed by atoms with Crippen LogP contribution in [0.15, 0.2) is 0 Å². The van der Waals surface area contributed by atoms with E-state index in [0.717, 1.165) is 24.8 Å². The van der Waals surface area contributed by atoms with Gasteiger partial charge in [0.25, 0.3) is 0 Å². The zero-order valence-corrected chi connectivity index (χ0v) is 12.0. The summed E-state index contributed by atoms with van der Waals surface area (Å²) in [6, 6.07) is 0.853. The molecule has 0 amide bonds. The van der Waals surface area contributed by atoms with Crippen molar-refractivity contribution < 1.29 is 0 Å². The standard InChI is InChI=1S/C13H22N4S/c1-9(14)12-10(2)15-13(18-12)17-7-6-16-5-3-4-11(16)8-17/h9,11H,3-8,14H2,1-2H3. The molecule has 3 rings (SSSR count). The lowest BCUT2D eigenvalue weighted by Gasteiger charge is -2.37. The molecule has 3 heterocycles. The second kappa shape index (κ2) is 4.79. The number of nitrogens with zero attached hydrogens (tertiary/aromatic N) is 3. The molecule has 0 saturated carbocycles. The summed E-state index contributed by atoms with van der Waals surface area (Å²) in [7, 11) is 0. The average molecular weight is 266 g/mol. The molecule has 1 aromatic rings. The van der Waals surface area contributed by atoms with Crippen LogP contribution >= 0.6 is 11.3 Å². The molecule has 2 fully saturated rings. The first-order valence-electron chi connectivity index (χ1n) is 6.87. The summed E-state index contributed by atoms with van der Waals surface area (Å²) in [5, 5.41) is 1.17. The molecule has 0 aromatic carbocycles. The van der Waals surface area contributed by atoms with Gasteiger partial charge in [0.2, 0.25) is 0 Å². The van der Waals surface area contributed by atoms with E-state index in [9.17, 15) is 0 Å². The van der Waals surface area contributed by atoms with Gasteiger partial charge >= 0.3 is 0 Å². The first-order chi connectivity index (χ1) is 8.65. The Morgan fingerprint density at radius 2 is 2.22 bits per heavy atom. The third-order valence-corrected chi connectivity index (χ3v) is 5.51. The smallest absolute Gasteiger partial charge is 0.185 e. The number of thiazole rings is 1. The van der Waals surface area contributed by atoms with E-state index in [1.165, 1.54) is 35.9 Å². The number of aromatic nitrogens is 1. The lowest BCUT2D eigenvalue weighted by molar-refractivity contribution is 0.231. The van der Waals surface area contributed by atoms with Crippen molar-refractivity contribution in [2.45, 2.75) is 38.8 Å². The van der Waals surface area contributed by atoms with Crippen molar-refractivity contribution >= 4 is 16.5 Å². The maximum Gasteiger partial charge on any atom is 0.185 e. The highest BCUT2D eigenvalue weighted by Crippen LogP contribution is 2.32. The number of hydrogen-bond acceptors (Lipinski definition) is 5. The van der Waals surface area contributed by atoms with Crippen molar-refractivity contribution in [3.05, 3.63) is 10.6 Å². The molecule has 0 spiro atoms. The molecule has 2 saturated heterocycles. The Balaban J connectivity index is 1.76. The molecule has 5 heteroatoms. The van der Waals surface area contributed by atoms with Gasteiger partial charge in [-0.1, -0.05) is 0 Å². The molecular weight excluding hydrogens is 244 g/mol. The number of rotatable bonds is 2. The summed E-state index contributed by atoms with van der Waals surface area (Å²) in [6.45, 7) is 8.86. The molecule has 2 aliphatic heterocycles. The molecule has 4 nitrogen and oxygen atoms in total. The lowest BCUT2D eigenvalue weighted by atomic mass is 10.2. The molecular formula is C13H22N4S. The van der Waals surface area contributed by atoms with Crippen molar-refractivity contribution in [3.8, 4) is 0 Å². The zero-order chi connectivity index (χ0) is 12.7. The van der Waals surface area contributed by atoms with E-state index in [2.05, 4.69) is 16.7 Å². The Labute approximate surface area is 113 Å². The van der Waals surface area contributed by atoms with Gasteiger partial charge in [0.1, 0.15) is 0 Å². The topological polar surface area (TPSA) is 45.4 Å². The minimum Gasteiger partial charge on any atom is -0.345 e. The van der Waals surface area contributed by atoms with Gasteiger partial charge < -0.3 is 10.6 Å². The molecule has 0 aliphatic carbocycles. The van der Waals surface area contributed by atoms with Crippen molar-refractivity contribution in [1.82, 2.24) is 9.88 Å². The van der Waals surface area contributed by atoms with Crippen LogP contribution in [0.3, 0.4) is 0 Å². The number of piperazine rings is 1. The van der Waals surface area contributed by atoms with E-state index < -0.39 is 0 Å². The summed E-state index contributed by atoms with van der Waals surface area (Å²) < 4.78 is 0. The maximum atomic E-state index is 5.99. The molecule has 100 valence electrons. The van der Waals surface area contributed by atoms with E-state index in [4.69, 9.17) is 10.7 Å². The molecule has 2 aliphatic rings. The van der Waals surface area contributed by atoms with Crippen LogP contribution in [0.4, 0.5) is 5.13 Å². The molecule has 18 heavy (non-hydrogen) atoms. The van der Waals surface area contributed by atoms with Gasteiger partial charge in [0.05, 0.1) is 5.69 Å². The fourth-order valence-corrected chi connectivity index (χ4v) is 4.17. The Morgan fingerprint density at radius 1 is 1.39 bits per heavy atom. The molecule has 2 atom stereocenters. The molecule has 0 radical (unpaired) electrons. The van der Waals surface area contributed by atoms with Gasteiger partial charge in [0, 0.05) is 36.6 Å². The van der Waals surface area contributed by atoms with Gasteiger partial charge in [-0.2, -0.15) is 0 Å². The van der Waals surface area contributed by atoms with Crippen LogP contribution in [0.1, 0.15) is 36.4 Å². The van der Waals surface area contributed by atoms with E-state index in [1.54, 1.807) is 11.3 Å². The van der Waals surface area contributed by atoms with Crippen LogP contribution < -0.4 is 10.6 Å². The van der Waals surface area contributed by atoms with Gasteiger partial charge in [-0.25, -0.2) is 4.98 Å². The molecule has 2 N–H and O–H groups in total. The number of fused-ring (bicyclic) bond motifs is 1. The van der Waals surface area contributed by atoms with E-state index in [-0.39, 0.29) is 6.04 Å². The SMILES string of the molecule is Cc1nc(N2CCN3CCCC3C2)sc1C(C)N. The van der Waals surface area contributed by atoms with Crippen LogP contribution in [0, 0.1) is 6.92 Å². The second-order valence-corrected chi connectivity index (χ2v) is 6.52. The maximum absolute atomic E-state index is 5.99. The van der Waals surface area contributed by atoms with Crippen LogP contribution in [0.25, 0.3) is 0 Å². The normalized spacial score (nSPS) is 26.4. The van der Waals surface area contributed by atoms with E-state index in [1.807, 2.05) is 6.92 Å². The first kappa shape index (κ1) is 12.4. The third kappa shape index (κ3) is 2.15. The number of anilines is 1. The molecule has 2 unspecified atom stereocenters. The number of nitrogens with two attached hydrogens (primary N) is 1. The Morgan fingerprint density at radius 3 is 2.94 bits per heavy atom. The van der Waals surface area contributed by atoms with E-state index in [0.29, 0.717) is 0 Å². The Hall–Kier alpha value is -0.650. The average Bonchev–Trinajstić information content (AvgIpc) is 2.93. The fourth-order valence-electron chi connectivity index (χ4n) is 3.12. The van der Waals surface area contributed by atoms with Crippen LogP contribution in [-0.4, -0.2) is 42.1 Å². The van der Waals surface area contributed by atoms with Crippen LogP contribution in [0.5, 0.6) is 0 Å². The number of hydrogen-bond donors (Lipinski definition) is 1. The minimum atomic E-state index is 0.101. The highest BCUT2D eigenvalue weighted by atomic mass is 32.1. The monoisotopic (exact) mass is 266 g/mol. The summed E-state index contributed by atoms with van der Waals surface area (Å²) in [5.41, 5.74) is 7.10. The van der Waals surface area contributed by atoms with Crippen molar-refractivity contribution in [2.24, 2.45) is 5.73 Å². The van der Waals surface area contributed by atoms with Crippen molar-refractivity contribution in [2.75, 3.05) is 31.1 Å². The van der Waals surface area contributed by atoms with Crippen LogP contribution in [-0.2, 0) is 0 Å². The van der Waals surface area contributed by atoms with Gasteiger partial charge in [-0.05, 0) is 33.2 Å². The summed E-state index contributed by atoms with van der Waals surface area (Å²) in [4.78, 5) is 11.0. The lowest BCUT2D eigenvalue weighted by Crippen LogP contribution is -2.50. The highest BCUT2D eigenvalue weighted by molar-refractivity contribution is 7.15.